The highest BCUT2D eigenvalue weighted by Gasteiger charge is 2.56. The number of anilines is 1. The van der Waals surface area contributed by atoms with E-state index in [1.54, 1.807) is 24.3 Å². The molecule has 0 spiro atoms. The van der Waals surface area contributed by atoms with Crippen LogP contribution in [0.1, 0.15) is 23.7 Å². The number of hydrogen-bond acceptors (Lipinski definition) is 2. The number of amides is 1. The van der Waals surface area contributed by atoms with Gasteiger partial charge >= 0.3 is 0 Å². The molecule has 1 saturated carbocycles. The first-order valence-corrected chi connectivity index (χ1v) is 5.95. The maximum Gasteiger partial charge on any atom is 0.230 e. The Morgan fingerprint density at radius 2 is 2.06 bits per heavy atom. The second-order valence-electron chi connectivity index (χ2n) is 4.14. The fourth-order valence-electron chi connectivity index (χ4n) is 1.54. The highest BCUT2D eigenvalue weighted by Crippen LogP contribution is 2.53. The lowest BCUT2D eigenvalue weighted by atomic mass is 10.1. The topological polar surface area (TPSA) is 46.2 Å². The molecule has 0 bridgehead atoms. The molecule has 0 saturated heterocycles. The number of Topliss-reactive ketones (excluding diaryl/α,β-unsaturated/α-hetero) is 1. The summed E-state index contributed by atoms with van der Waals surface area (Å²) in [6, 6.07) is 6.76. The molecule has 0 aliphatic heterocycles. The molecule has 1 N–H and O–H groups in total. The van der Waals surface area contributed by atoms with Gasteiger partial charge in [0.2, 0.25) is 5.91 Å². The van der Waals surface area contributed by atoms with Crippen LogP contribution in [-0.2, 0) is 4.79 Å². The average Bonchev–Trinajstić information content (AvgIpc) is 2.88. The summed E-state index contributed by atoms with van der Waals surface area (Å²) in [5.74, 6) is -0.626. The highest BCUT2D eigenvalue weighted by atomic mass is 35.5. The van der Waals surface area contributed by atoms with E-state index in [0.717, 1.165) is 0 Å². The van der Waals surface area contributed by atoms with E-state index < -0.39 is 4.33 Å². The van der Waals surface area contributed by atoms with Crippen molar-refractivity contribution in [3.8, 4) is 0 Å². The van der Waals surface area contributed by atoms with E-state index in [0.29, 0.717) is 17.7 Å². The van der Waals surface area contributed by atoms with Gasteiger partial charge in [0.1, 0.15) is 4.33 Å². The molecular weight excluding hydrogens is 261 g/mol. The lowest BCUT2D eigenvalue weighted by Gasteiger charge is -2.06. The summed E-state index contributed by atoms with van der Waals surface area (Å²) < 4.78 is -0.928. The Hall–Kier alpha value is -1.06. The van der Waals surface area contributed by atoms with E-state index in [1.165, 1.54) is 6.92 Å². The summed E-state index contributed by atoms with van der Waals surface area (Å²) >= 11 is 11.6. The first-order chi connectivity index (χ1) is 7.90. The Labute approximate surface area is 109 Å². The number of benzene rings is 1. The monoisotopic (exact) mass is 271 g/mol. The number of carbonyl (C=O) groups is 2. The first kappa shape index (κ1) is 12.4. The molecule has 1 atom stereocenters. The second kappa shape index (κ2) is 4.31. The van der Waals surface area contributed by atoms with Crippen molar-refractivity contribution in [2.75, 3.05) is 5.32 Å². The maximum atomic E-state index is 11.7. The van der Waals surface area contributed by atoms with Gasteiger partial charge in [-0.1, -0.05) is 12.1 Å². The number of ketones is 1. The minimum atomic E-state index is -0.928. The fourth-order valence-corrected chi connectivity index (χ4v) is 2.05. The lowest BCUT2D eigenvalue weighted by molar-refractivity contribution is -0.117. The average molecular weight is 272 g/mol. The highest BCUT2D eigenvalue weighted by molar-refractivity contribution is 6.52. The van der Waals surface area contributed by atoms with E-state index in [9.17, 15) is 9.59 Å². The lowest BCUT2D eigenvalue weighted by Crippen LogP contribution is -2.17. The Morgan fingerprint density at radius 3 is 2.59 bits per heavy atom. The zero-order valence-electron chi connectivity index (χ0n) is 9.17. The third-order valence-electron chi connectivity index (χ3n) is 2.68. The minimum Gasteiger partial charge on any atom is -0.326 e. The quantitative estimate of drug-likeness (QED) is 0.679. The van der Waals surface area contributed by atoms with Crippen LogP contribution in [0, 0.1) is 5.92 Å². The molecule has 1 aromatic rings. The largest absolute Gasteiger partial charge is 0.326 e. The SMILES string of the molecule is CC(=O)c1cccc(NC(=O)[C@@H]2CC2(Cl)Cl)c1. The molecular formula is C12H11Cl2NO2. The molecule has 0 radical (unpaired) electrons. The smallest absolute Gasteiger partial charge is 0.230 e. The molecule has 90 valence electrons. The van der Waals surface area contributed by atoms with Crippen LogP contribution in [-0.4, -0.2) is 16.0 Å². The molecule has 5 heteroatoms. The van der Waals surface area contributed by atoms with E-state index in [2.05, 4.69) is 5.32 Å². The Morgan fingerprint density at radius 1 is 1.41 bits per heavy atom. The summed E-state index contributed by atoms with van der Waals surface area (Å²) in [5.41, 5.74) is 1.14. The molecule has 1 aromatic carbocycles. The van der Waals surface area contributed by atoms with Gasteiger partial charge in [-0.2, -0.15) is 0 Å². The molecule has 1 aliphatic carbocycles. The van der Waals surface area contributed by atoms with Crippen molar-refractivity contribution < 1.29 is 9.59 Å². The third kappa shape index (κ3) is 2.79. The van der Waals surface area contributed by atoms with Crippen molar-refractivity contribution in [1.82, 2.24) is 0 Å². The van der Waals surface area contributed by atoms with E-state index in [4.69, 9.17) is 23.2 Å². The van der Waals surface area contributed by atoms with Crippen LogP contribution >= 0.6 is 23.2 Å². The molecule has 0 unspecified atom stereocenters. The second-order valence-corrected chi connectivity index (χ2v) is 5.69. The van der Waals surface area contributed by atoms with E-state index in [1.807, 2.05) is 0 Å². The van der Waals surface area contributed by atoms with Gasteiger partial charge in [-0.15, -0.1) is 23.2 Å². The summed E-state index contributed by atoms with van der Waals surface area (Å²) in [7, 11) is 0. The van der Waals surface area contributed by atoms with Crippen molar-refractivity contribution in [2.24, 2.45) is 5.92 Å². The number of nitrogens with one attached hydrogen (secondary N) is 1. The van der Waals surface area contributed by atoms with Gasteiger partial charge in [0.25, 0.3) is 0 Å². The summed E-state index contributed by atoms with van der Waals surface area (Å²) in [6.45, 7) is 1.48. The summed E-state index contributed by atoms with van der Waals surface area (Å²) in [6.07, 6.45) is 0.467. The number of hydrogen-bond donors (Lipinski definition) is 1. The third-order valence-corrected chi connectivity index (χ3v) is 3.51. The van der Waals surface area contributed by atoms with Gasteiger partial charge in [0.05, 0.1) is 5.92 Å². The van der Waals surface area contributed by atoms with Crippen LogP contribution in [0.15, 0.2) is 24.3 Å². The van der Waals surface area contributed by atoms with Crippen molar-refractivity contribution in [3.63, 3.8) is 0 Å². The van der Waals surface area contributed by atoms with Gasteiger partial charge < -0.3 is 5.32 Å². The van der Waals surface area contributed by atoms with E-state index >= 15 is 0 Å². The fraction of sp³-hybridized carbons (Fsp3) is 0.333. The molecule has 17 heavy (non-hydrogen) atoms. The van der Waals surface area contributed by atoms with Gasteiger partial charge in [-0.25, -0.2) is 0 Å². The predicted octanol–water partition coefficient (Wildman–Crippen LogP) is 3.02. The van der Waals surface area contributed by atoms with Crippen molar-refractivity contribution in [2.45, 2.75) is 17.7 Å². The van der Waals surface area contributed by atoms with Gasteiger partial charge in [0, 0.05) is 11.3 Å². The molecule has 3 nitrogen and oxygen atoms in total. The van der Waals surface area contributed by atoms with Crippen LogP contribution in [0.5, 0.6) is 0 Å². The zero-order chi connectivity index (χ0) is 12.6. The van der Waals surface area contributed by atoms with Crippen LogP contribution in [0.3, 0.4) is 0 Å². The Kier molecular flexibility index (Phi) is 3.15. The summed E-state index contributed by atoms with van der Waals surface area (Å²) in [5, 5.41) is 2.69. The molecule has 1 amide bonds. The number of alkyl halides is 2. The molecule has 1 aliphatic rings. The molecule has 1 fully saturated rings. The van der Waals surface area contributed by atoms with Crippen molar-refractivity contribution in [1.29, 1.82) is 0 Å². The van der Waals surface area contributed by atoms with Crippen LogP contribution in [0.4, 0.5) is 5.69 Å². The standard InChI is InChI=1S/C12H11Cl2NO2/c1-7(16)8-3-2-4-9(5-8)15-11(17)10-6-12(10,13)14/h2-5,10H,6H2,1H3,(H,15,17)/t10-/m0/s1. The molecule has 0 aromatic heterocycles. The molecule has 0 heterocycles. The van der Waals surface area contributed by atoms with Gasteiger partial charge in [0.15, 0.2) is 5.78 Å². The first-order valence-electron chi connectivity index (χ1n) is 5.20. The predicted molar refractivity (Wildman–Crippen MR) is 67.6 cm³/mol. The number of carbonyl (C=O) groups excluding carboxylic acids is 2. The number of halogens is 2. The Bertz CT molecular complexity index is 485. The van der Waals surface area contributed by atoms with Gasteiger partial charge in [-0.3, -0.25) is 9.59 Å². The molecule has 2 rings (SSSR count). The van der Waals surface area contributed by atoms with Crippen molar-refractivity contribution in [3.05, 3.63) is 29.8 Å². The maximum absolute atomic E-state index is 11.7. The van der Waals surface area contributed by atoms with Crippen LogP contribution in [0.25, 0.3) is 0 Å². The normalized spacial score (nSPS) is 20.8. The van der Waals surface area contributed by atoms with Crippen LogP contribution < -0.4 is 5.32 Å². The van der Waals surface area contributed by atoms with Crippen LogP contribution in [0.2, 0.25) is 0 Å². The van der Waals surface area contributed by atoms with Crippen molar-refractivity contribution >= 4 is 40.6 Å². The minimum absolute atomic E-state index is 0.0449. The summed E-state index contributed by atoms with van der Waals surface area (Å²) in [4.78, 5) is 22.9. The Balaban J connectivity index is 2.07. The van der Waals surface area contributed by atoms with Gasteiger partial charge in [-0.05, 0) is 25.5 Å². The number of rotatable bonds is 3. The zero-order valence-corrected chi connectivity index (χ0v) is 10.7. The van der Waals surface area contributed by atoms with E-state index in [-0.39, 0.29) is 17.6 Å².